The van der Waals surface area contributed by atoms with Gasteiger partial charge in [0.2, 0.25) is 0 Å². The minimum Gasteiger partial charge on any atom is -0.393 e. The quantitative estimate of drug-likeness (QED) is 0.657. The van der Waals surface area contributed by atoms with Gasteiger partial charge in [-0.2, -0.15) is 5.10 Å². The molecule has 2 aromatic rings. The Morgan fingerprint density at radius 2 is 2.36 bits per heavy atom. The number of nitrogens with zero attached hydrogens (tertiary/aromatic N) is 2. The third-order valence-corrected chi connectivity index (χ3v) is 2.52. The Hall–Kier alpha value is -1.76. The molecule has 2 rings (SSSR count). The second-order valence-corrected chi connectivity index (χ2v) is 3.51. The van der Waals surface area contributed by atoms with Crippen molar-refractivity contribution in [3.05, 3.63) is 28.9 Å². The van der Waals surface area contributed by atoms with E-state index in [2.05, 4.69) is 20.2 Å². The summed E-state index contributed by atoms with van der Waals surface area (Å²) in [5.74, 6) is 0. The number of hydrogen-bond acceptors (Lipinski definition) is 5. The van der Waals surface area contributed by atoms with Crippen LogP contribution in [0.1, 0.15) is 0 Å². The summed E-state index contributed by atoms with van der Waals surface area (Å²) in [4.78, 5) is 18.2. The highest BCUT2D eigenvalue weighted by Crippen LogP contribution is 2.26. The molecule has 14 heavy (non-hydrogen) atoms. The van der Waals surface area contributed by atoms with Crippen molar-refractivity contribution in [2.24, 2.45) is 0 Å². The first-order chi connectivity index (χ1) is 6.77. The van der Waals surface area contributed by atoms with E-state index < -0.39 is 0 Å². The number of nitrogen functional groups attached to an aromatic ring is 1. The van der Waals surface area contributed by atoms with Crippen molar-refractivity contribution in [2.45, 2.75) is 10.1 Å². The van der Waals surface area contributed by atoms with Crippen LogP contribution in [0.4, 0.5) is 5.69 Å². The van der Waals surface area contributed by atoms with Crippen LogP contribution in [0.2, 0.25) is 0 Å². The van der Waals surface area contributed by atoms with E-state index in [0.29, 0.717) is 10.1 Å². The second kappa shape index (κ2) is 3.54. The van der Waals surface area contributed by atoms with Gasteiger partial charge in [0.1, 0.15) is 12.0 Å². The van der Waals surface area contributed by atoms with E-state index in [1.807, 2.05) is 0 Å². The van der Waals surface area contributed by atoms with Crippen molar-refractivity contribution in [1.29, 1.82) is 0 Å². The first kappa shape index (κ1) is 8.82. The van der Waals surface area contributed by atoms with Crippen molar-refractivity contribution < 1.29 is 0 Å². The molecule has 0 saturated carbocycles. The SMILES string of the molecule is Nc1c(Sc2ncn[nH]2)cc[nH]c1=O. The number of H-pyrrole nitrogens is 2. The molecule has 6 nitrogen and oxygen atoms in total. The van der Waals surface area contributed by atoms with Crippen LogP contribution in [-0.4, -0.2) is 20.2 Å². The Kier molecular flexibility index (Phi) is 2.23. The van der Waals surface area contributed by atoms with Gasteiger partial charge in [-0.15, -0.1) is 0 Å². The fourth-order valence-corrected chi connectivity index (χ4v) is 1.65. The van der Waals surface area contributed by atoms with Crippen LogP contribution in [-0.2, 0) is 0 Å². The molecule has 0 radical (unpaired) electrons. The van der Waals surface area contributed by atoms with Crippen molar-refractivity contribution in [3.63, 3.8) is 0 Å². The summed E-state index contributed by atoms with van der Waals surface area (Å²) in [6.45, 7) is 0. The smallest absolute Gasteiger partial charge is 0.272 e. The highest BCUT2D eigenvalue weighted by molar-refractivity contribution is 7.99. The first-order valence-electron chi connectivity index (χ1n) is 3.78. The number of nitrogens with one attached hydrogen (secondary N) is 2. The Morgan fingerprint density at radius 1 is 1.50 bits per heavy atom. The van der Waals surface area contributed by atoms with Gasteiger partial charge in [-0.1, -0.05) is 0 Å². The fraction of sp³-hybridized carbons (Fsp3) is 0. The summed E-state index contributed by atoms with van der Waals surface area (Å²) < 4.78 is 0. The van der Waals surface area contributed by atoms with Gasteiger partial charge in [0.25, 0.3) is 5.56 Å². The lowest BCUT2D eigenvalue weighted by Crippen LogP contribution is -2.11. The van der Waals surface area contributed by atoms with Crippen LogP contribution in [0, 0.1) is 0 Å². The van der Waals surface area contributed by atoms with E-state index in [1.165, 1.54) is 24.3 Å². The van der Waals surface area contributed by atoms with Gasteiger partial charge >= 0.3 is 0 Å². The monoisotopic (exact) mass is 209 g/mol. The summed E-state index contributed by atoms with van der Waals surface area (Å²) in [5, 5.41) is 6.95. The van der Waals surface area contributed by atoms with Gasteiger partial charge in [0.05, 0.1) is 0 Å². The molecular formula is C7H7N5OS. The molecule has 0 aliphatic heterocycles. The fourth-order valence-electron chi connectivity index (χ4n) is 0.909. The molecule has 2 aromatic heterocycles. The highest BCUT2D eigenvalue weighted by Gasteiger charge is 2.05. The van der Waals surface area contributed by atoms with Crippen LogP contribution < -0.4 is 11.3 Å². The lowest BCUT2D eigenvalue weighted by molar-refractivity contribution is 0.973. The predicted molar refractivity (Wildman–Crippen MR) is 52.0 cm³/mol. The van der Waals surface area contributed by atoms with Crippen LogP contribution in [0.25, 0.3) is 0 Å². The molecule has 0 fully saturated rings. The molecule has 0 aliphatic rings. The molecule has 0 amide bonds. The molecule has 72 valence electrons. The Morgan fingerprint density at radius 3 is 3.07 bits per heavy atom. The van der Waals surface area contributed by atoms with Crippen molar-refractivity contribution in [3.8, 4) is 0 Å². The number of aromatic amines is 2. The Balaban J connectivity index is 2.34. The average Bonchev–Trinajstić information content (AvgIpc) is 2.66. The van der Waals surface area contributed by atoms with E-state index in [1.54, 1.807) is 6.07 Å². The third kappa shape index (κ3) is 1.62. The average molecular weight is 209 g/mol. The number of aromatic nitrogens is 4. The van der Waals surface area contributed by atoms with E-state index in [9.17, 15) is 4.79 Å². The highest BCUT2D eigenvalue weighted by atomic mass is 32.2. The summed E-state index contributed by atoms with van der Waals surface area (Å²) >= 11 is 1.26. The van der Waals surface area contributed by atoms with E-state index in [4.69, 9.17) is 5.73 Å². The summed E-state index contributed by atoms with van der Waals surface area (Å²) in [7, 11) is 0. The molecule has 0 spiro atoms. The van der Waals surface area contributed by atoms with Gasteiger partial charge in [-0.3, -0.25) is 9.89 Å². The topological polar surface area (TPSA) is 100 Å². The van der Waals surface area contributed by atoms with E-state index in [-0.39, 0.29) is 11.2 Å². The van der Waals surface area contributed by atoms with Crippen molar-refractivity contribution in [1.82, 2.24) is 20.2 Å². The van der Waals surface area contributed by atoms with E-state index in [0.717, 1.165) is 0 Å². The second-order valence-electron chi connectivity index (χ2n) is 2.48. The maximum Gasteiger partial charge on any atom is 0.272 e. The van der Waals surface area contributed by atoms with Gasteiger partial charge in [-0.25, -0.2) is 4.98 Å². The predicted octanol–water partition coefficient (Wildman–Crippen LogP) is 0.226. The summed E-state index contributed by atoms with van der Waals surface area (Å²) in [6, 6.07) is 1.71. The zero-order valence-electron chi connectivity index (χ0n) is 7.02. The molecule has 4 N–H and O–H groups in total. The minimum absolute atomic E-state index is 0.189. The zero-order chi connectivity index (χ0) is 9.97. The molecule has 0 unspecified atom stereocenters. The van der Waals surface area contributed by atoms with Crippen LogP contribution in [0.3, 0.4) is 0 Å². The van der Waals surface area contributed by atoms with Gasteiger partial charge in [-0.05, 0) is 17.8 Å². The van der Waals surface area contributed by atoms with Crippen LogP contribution in [0.5, 0.6) is 0 Å². The lowest BCUT2D eigenvalue weighted by Gasteiger charge is -1.99. The van der Waals surface area contributed by atoms with Crippen molar-refractivity contribution >= 4 is 17.4 Å². The molecule has 0 aliphatic carbocycles. The maximum atomic E-state index is 11.1. The third-order valence-electron chi connectivity index (χ3n) is 1.56. The lowest BCUT2D eigenvalue weighted by atomic mass is 10.4. The molecule has 0 atom stereocenters. The summed E-state index contributed by atoms with van der Waals surface area (Å²) in [5.41, 5.74) is 5.46. The normalized spacial score (nSPS) is 10.3. The first-order valence-corrected chi connectivity index (χ1v) is 4.59. The van der Waals surface area contributed by atoms with Crippen molar-refractivity contribution in [2.75, 3.05) is 5.73 Å². The number of nitrogens with two attached hydrogens (primary N) is 1. The molecular weight excluding hydrogens is 202 g/mol. The van der Waals surface area contributed by atoms with Gasteiger partial charge < -0.3 is 10.7 Å². The zero-order valence-corrected chi connectivity index (χ0v) is 7.84. The Labute approximate surface area is 82.9 Å². The number of hydrogen-bond donors (Lipinski definition) is 3. The number of anilines is 1. The standard InChI is InChI=1S/C7H7N5OS/c8-5-4(1-2-9-6(5)13)14-7-10-3-11-12-7/h1-3H,8H2,(H,9,13)(H,10,11,12). The molecule has 0 saturated heterocycles. The van der Waals surface area contributed by atoms with Gasteiger partial charge in [0, 0.05) is 11.1 Å². The molecule has 2 heterocycles. The largest absolute Gasteiger partial charge is 0.393 e. The molecule has 7 heteroatoms. The Bertz CT molecular complexity index is 477. The van der Waals surface area contributed by atoms with E-state index >= 15 is 0 Å². The molecule has 0 bridgehead atoms. The van der Waals surface area contributed by atoms with Crippen LogP contribution >= 0.6 is 11.8 Å². The van der Waals surface area contributed by atoms with Crippen LogP contribution in [0.15, 0.2) is 33.4 Å². The number of pyridine rings is 1. The number of rotatable bonds is 2. The summed E-state index contributed by atoms with van der Waals surface area (Å²) in [6.07, 6.45) is 2.93. The maximum absolute atomic E-state index is 11.1. The van der Waals surface area contributed by atoms with Gasteiger partial charge in [0.15, 0.2) is 5.16 Å². The molecule has 0 aromatic carbocycles. The minimum atomic E-state index is -0.297.